The van der Waals surface area contributed by atoms with E-state index in [1.54, 1.807) is 0 Å². The Kier molecular flexibility index (Phi) is 43.5. The molecule has 0 aromatic carbocycles. The van der Waals surface area contributed by atoms with E-state index >= 15 is 0 Å². The molecule has 0 spiro atoms. The zero-order chi connectivity index (χ0) is 40.0. The predicted molar refractivity (Wildman–Crippen MR) is 237 cm³/mol. The predicted octanol–water partition coefficient (Wildman–Crippen LogP) is 14.9. The summed E-state index contributed by atoms with van der Waals surface area (Å²) < 4.78 is 10.6. The monoisotopic (exact) mass is 767 g/mol. The van der Waals surface area contributed by atoms with Gasteiger partial charge in [0.15, 0.2) is 6.10 Å². The first-order valence-electron chi connectivity index (χ1n) is 23.0. The molecule has 0 amide bonds. The molecule has 316 valence electrons. The van der Waals surface area contributed by atoms with Crippen LogP contribution in [0.5, 0.6) is 0 Å². The van der Waals surface area contributed by atoms with Gasteiger partial charge in [0, 0.05) is 12.8 Å². The van der Waals surface area contributed by atoms with E-state index in [1.807, 2.05) is 0 Å². The molecule has 0 bridgehead atoms. The van der Waals surface area contributed by atoms with Crippen molar-refractivity contribution in [2.75, 3.05) is 13.2 Å². The minimum Gasteiger partial charge on any atom is -0.462 e. The van der Waals surface area contributed by atoms with E-state index < -0.39 is 6.10 Å². The molecule has 55 heavy (non-hydrogen) atoms. The van der Waals surface area contributed by atoms with Gasteiger partial charge in [-0.25, -0.2) is 0 Å². The third kappa shape index (κ3) is 43.9. The fraction of sp³-hybridized carbons (Fsp3) is 0.720. The van der Waals surface area contributed by atoms with Gasteiger partial charge in [-0.15, -0.1) is 0 Å². The van der Waals surface area contributed by atoms with Gasteiger partial charge in [-0.1, -0.05) is 209 Å². The van der Waals surface area contributed by atoms with Gasteiger partial charge in [0.05, 0.1) is 6.61 Å². The second kappa shape index (κ2) is 45.7. The van der Waals surface area contributed by atoms with E-state index in [-0.39, 0.29) is 25.2 Å². The van der Waals surface area contributed by atoms with Gasteiger partial charge in [0.1, 0.15) is 6.61 Å². The SMILES string of the molecule is CC/C=C\C/C=C\C/C=C\C/C=C\C/C=C\C/C=C\CCCCCCCCCCCCCCCCC(=O)OC(CO)COC(=O)CCCCCCCCCC. The highest BCUT2D eigenvalue weighted by Crippen LogP contribution is 2.15. The molecule has 0 aliphatic heterocycles. The quantitative estimate of drug-likeness (QED) is 0.0381. The normalized spacial score (nSPS) is 12.9. The molecule has 5 nitrogen and oxygen atoms in total. The van der Waals surface area contributed by atoms with Crippen LogP contribution < -0.4 is 0 Å². The maximum atomic E-state index is 12.2. The number of aliphatic hydroxyl groups is 1. The first-order chi connectivity index (χ1) is 27.1. The molecule has 1 atom stereocenters. The van der Waals surface area contributed by atoms with E-state index in [4.69, 9.17) is 9.47 Å². The molecule has 0 aromatic rings. The summed E-state index contributed by atoms with van der Waals surface area (Å²) in [4.78, 5) is 24.2. The Labute approximate surface area is 340 Å². The molecule has 1 unspecified atom stereocenters. The maximum Gasteiger partial charge on any atom is 0.306 e. The number of hydrogen-bond acceptors (Lipinski definition) is 5. The van der Waals surface area contributed by atoms with Crippen molar-refractivity contribution >= 4 is 11.9 Å². The van der Waals surface area contributed by atoms with Crippen molar-refractivity contribution in [1.82, 2.24) is 0 Å². The van der Waals surface area contributed by atoms with Crippen molar-refractivity contribution in [2.45, 2.75) is 219 Å². The van der Waals surface area contributed by atoms with Crippen LogP contribution in [-0.4, -0.2) is 36.4 Å². The van der Waals surface area contributed by atoms with Crippen LogP contribution in [0.3, 0.4) is 0 Å². The van der Waals surface area contributed by atoms with Crippen molar-refractivity contribution in [3.63, 3.8) is 0 Å². The summed E-state index contributed by atoms with van der Waals surface area (Å²) in [5.74, 6) is -0.595. The Hall–Kier alpha value is -2.66. The summed E-state index contributed by atoms with van der Waals surface area (Å²) >= 11 is 0. The van der Waals surface area contributed by atoms with Gasteiger partial charge in [0.25, 0.3) is 0 Å². The molecular formula is C50H86O5. The van der Waals surface area contributed by atoms with Crippen LogP contribution in [0.4, 0.5) is 0 Å². The summed E-state index contributed by atoms with van der Waals surface area (Å²) in [6, 6.07) is 0. The Morgan fingerprint density at radius 2 is 0.782 bits per heavy atom. The molecule has 0 aliphatic rings. The van der Waals surface area contributed by atoms with E-state index in [2.05, 4.69) is 86.8 Å². The molecule has 0 aliphatic carbocycles. The Bertz CT molecular complexity index is 1000. The molecular weight excluding hydrogens is 681 g/mol. The number of esters is 2. The Morgan fingerprint density at radius 1 is 0.436 bits per heavy atom. The van der Waals surface area contributed by atoms with E-state index in [1.165, 1.54) is 109 Å². The fourth-order valence-corrected chi connectivity index (χ4v) is 6.32. The van der Waals surface area contributed by atoms with Gasteiger partial charge in [-0.3, -0.25) is 9.59 Å². The number of carbonyl (C=O) groups is 2. The summed E-state index contributed by atoms with van der Waals surface area (Å²) in [5.41, 5.74) is 0. The molecule has 0 radical (unpaired) electrons. The van der Waals surface area contributed by atoms with E-state index in [0.29, 0.717) is 12.8 Å². The highest BCUT2D eigenvalue weighted by atomic mass is 16.6. The first-order valence-corrected chi connectivity index (χ1v) is 23.0. The standard InChI is InChI=1S/C50H86O5/c1-3-5-7-9-11-13-14-15-16-17-18-19-20-21-22-23-24-25-26-27-28-29-30-31-32-33-34-35-36-37-39-41-43-45-50(53)55-48(46-51)47-54-49(52)44-42-40-38-12-10-8-6-4-2/h5,7,11,13,15-16,18-19,21-22,24-25,48,51H,3-4,6,8-10,12,14,17,20,23,26-47H2,1-2H3/b7-5-,13-11-,16-15-,19-18-,22-21-,25-24-. The van der Waals surface area contributed by atoms with Gasteiger partial charge < -0.3 is 14.6 Å². The minimum atomic E-state index is -0.769. The summed E-state index contributed by atoms with van der Waals surface area (Å²) in [7, 11) is 0. The van der Waals surface area contributed by atoms with Gasteiger partial charge in [0.2, 0.25) is 0 Å². The van der Waals surface area contributed by atoms with Crippen LogP contribution in [0.25, 0.3) is 0 Å². The zero-order valence-electron chi connectivity index (χ0n) is 35.9. The van der Waals surface area contributed by atoms with Crippen molar-refractivity contribution in [3.8, 4) is 0 Å². The topological polar surface area (TPSA) is 72.8 Å². The van der Waals surface area contributed by atoms with Crippen molar-refractivity contribution in [1.29, 1.82) is 0 Å². The van der Waals surface area contributed by atoms with Gasteiger partial charge >= 0.3 is 11.9 Å². The van der Waals surface area contributed by atoms with Crippen molar-refractivity contribution in [3.05, 3.63) is 72.9 Å². The number of ether oxygens (including phenoxy) is 2. The van der Waals surface area contributed by atoms with Crippen LogP contribution in [0.15, 0.2) is 72.9 Å². The zero-order valence-corrected chi connectivity index (χ0v) is 35.9. The lowest BCUT2D eigenvalue weighted by Crippen LogP contribution is -2.28. The molecule has 0 saturated heterocycles. The Morgan fingerprint density at radius 3 is 1.18 bits per heavy atom. The van der Waals surface area contributed by atoms with Crippen LogP contribution in [0.2, 0.25) is 0 Å². The van der Waals surface area contributed by atoms with Crippen LogP contribution in [0.1, 0.15) is 213 Å². The lowest BCUT2D eigenvalue weighted by molar-refractivity contribution is -0.161. The molecule has 0 heterocycles. The molecule has 1 N–H and O–H groups in total. The Balaban J connectivity index is 3.48. The fourth-order valence-electron chi connectivity index (χ4n) is 6.32. The second-order valence-corrected chi connectivity index (χ2v) is 15.1. The number of carbonyl (C=O) groups excluding carboxylic acids is 2. The van der Waals surface area contributed by atoms with Crippen LogP contribution in [0, 0.1) is 0 Å². The van der Waals surface area contributed by atoms with E-state index in [0.717, 1.165) is 77.0 Å². The molecule has 0 aromatic heterocycles. The van der Waals surface area contributed by atoms with Gasteiger partial charge in [-0.2, -0.15) is 0 Å². The third-order valence-corrected chi connectivity index (χ3v) is 9.76. The lowest BCUT2D eigenvalue weighted by atomic mass is 10.0. The summed E-state index contributed by atoms with van der Waals surface area (Å²) in [5, 5.41) is 9.54. The number of hydrogen-bond donors (Lipinski definition) is 1. The molecule has 5 heteroatoms. The highest BCUT2D eigenvalue weighted by Gasteiger charge is 2.16. The number of rotatable bonds is 41. The first kappa shape index (κ1) is 52.3. The van der Waals surface area contributed by atoms with Crippen LogP contribution in [-0.2, 0) is 19.1 Å². The lowest BCUT2D eigenvalue weighted by Gasteiger charge is -2.15. The highest BCUT2D eigenvalue weighted by molar-refractivity contribution is 5.70. The number of unbranched alkanes of at least 4 members (excludes halogenated alkanes) is 21. The van der Waals surface area contributed by atoms with Crippen LogP contribution >= 0.6 is 0 Å². The van der Waals surface area contributed by atoms with Crippen molar-refractivity contribution < 1.29 is 24.2 Å². The average molecular weight is 767 g/mol. The average Bonchev–Trinajstić information content (AvgIpc) is 3.19. The largest absolute Gasteiger partial charge is 0.462 e. The molecule has 0 rings (SSSR count). The summed E-state index contributed by atoms with van der Waals surface area (Å²) in [6.07, 6.45) is 61.5. The number of allylic oxidation sites excluding steroid dienone is 12. The van der Waals surface area contributed by atoms with Crippen molar-refractivity contribution in [2.24, 2.45) is 0 Å². The van der Waals surface area contributed by atoms with Gasteiger partial charge in [-0.05, 0) is 64.2 Å². The summed E-state index contributed by atoms with van der Waals surface area (Å²) in [6.45, 7) is 3.99. The molecule has 0 saturated carbocycles. The third-order valence-electron chi connectivity index (χ3n) is 9.76. The number of aliphatic hydroxyl groups excluding tert-OH is 1. The maximum absolute atomic E-state index is 12.2. The second-order valence-electron chi connectivity index (χ2n) is 15.1. The molecule has 0 fully saturated rings. The van der Waals surface area contributed by atoms with E-state index in [9.17, 15) is 14.7 Å². The minimum absolute atomic E-state index is 0.0657. The smallest absolute Gasteiger partial charge is 0.306 e.